The van der Waals surface area contributed by atoms with Crippen LogP contribution in [0.5, 0.6) is 0 Å². The predicted octanol–water partition coefficient (Wildman–Crippen LogP) is 3.20. The highest BCUT2D eigenvalue weighted by Gasteiger charge is 2.28. The van der Waals surface area contributed by atoms with E-state index < -0.39 is 0 Å². The Morgan fingerprint density at radius 3 is 2.83 bits per heavy atom. The van der Waals surface area contributed by atoms with Crippen LogP contribution in [0.1, 0.15) is 31.0 Å². The molecular weight excluding hydrogens is 318 g/mol. The number of amides is 1. The summed E-state index contributed by atoms with van der Waals surface area (Å²) in [5.74, 6) is 0.280. The fourth-order valence-electron chi connectivity index (χ4n) is 3.27. The average molecular weight is 343 g/mol. The SMILES string of the molecule is CC[C@@H]1CN(CCc2cscn2)CCC(=O)N1Cc1ccccc1. The van der Waals surface area contributed by atoms with Gasteiger partial charge in [0.1, 0.15) is 0 Å². The molecule has 24 heavy (non-hydrogen) atoms. The van der Waals surface area contributed by atoms with Crippen molar-refractivity contribution in [1.29, 1.82) is 0 Å². The molecule has 0 radical (unpaired) electrons. The van der Waals surface area contributed by atoms with Gasteiger partial charge in [0.25, 0.3) is 0 Å². The lowest BCUT2D eigenvalue weighted by Crippen LogP contribution is -2.42. The number of carbonyl (C=O) groups excluding carboxylic acids is 1. The van der Waals surface area contributed by atoms with Gasteiger partial charge in [0.05, 0.1) is 11.2 Å². The molecule has 0 bridgehead atoms. The van der Waals surface area contributed by atoms with Crippen molar-refractivity contribution in [3.8, 4) is 0 Å². The molecule has 1 aliphatic rings. The summed E-state index contributed by atoms with van der Waals surface area (Å²) >= 11 is 1.65. The summed E-state index contributed by atoms with van der Waals surface area (Å²) in [5, 5.41) is 2.11. The molecular formula is C19H25N3OS. The van der Waals surface area contributed by atoms with Crippen molar-refractivity contribution >= 4 is 17.2 Å². The molecule has 2 heterocycles. The third-order valence-corrected chi connectivity index (χ3v) is 5.34. The molecule has 1 aliphatic heterocycles. The molecule has 0 N–H and O–H groups in total. The highest BCUT2D eigenvalue weighted by atomic mass is 32.1. The fourth-order valence-corrected chi connectivity index (χ4v) is 3.87. The minimum absolute atomic E-state index is 0.280. The lowest BCUT2D eigenvalue weighted by Gasteiger charge is -2.31. The third-order valence-electron chi connectivity index (χ3n) is 4.71. The molecule has 1 amide bonds. The maximum absolute atomic E-state index is 12.7. The quantitative estimate of drug-likeness (QED) is 0.808. The maximum Gasteiger partial charge on any atom is 0.224 e. The zero-order valence-electron chi connectivity index (χ0n) is 14.2. The number of aromatic nitrogens is 1. The van der Waals surface area contributed by atoms with Crippen molar-refractivity contribution in [3.63, 3.8) is 0 Å². The van der Waals surface area contributed by atoms with Gasteiger partial charge in [0.15, 0.2) is 0 Å². The molecule has 0 aliphatic carbocycles. The first-order valence-electron chi connectivity index (χ1n) is 8.69. The van der Waals surface area contributed by atoms with E-state index in [1.807, 2.05) is 23.7 Å². The molecule has 1 aromatic heterocycles. The topological polar surface area (TPSA) is 36.4 Å². The second-order valence-electron chi connectivity index (χ2n) is 6.35. The van der Waals surface area contributed by atoms with Crippen LogP contribution < -0.4 is 0 Å². The van der Waals surface area contributed by atoms with Crippen molar-refractivity contribution in [2.24, 2.45) is 0 Å². The van der Waals surface area contributed by atoms with Gasteiger partial charge < -0.3 is 9.80 Å². The van der Waals surface area contributed by atoms with Gasteiger partial charge in [-0.25, -0.2) is 4.98 Å². The number of hydrogen-bond donors (Lipinski definition) is 0. The molecule has 0 unspecified atom stereocenters. The highest BCUT2D eigenvalue weighted by molar-refractivity contribution is 7.07. The Kier molecular flexibility index (Phi) is 5.99. The molecule has 128 valence electrons. The van der Waals surface area contributed by atoms with Crippen molar-refractivity contribution in [3.05, 3.63) is 52.5 Å². The van der Waals surface area contributed by atoms with Crippen molar-refractivity contribution in [2.75, 3.05) is 19.6 Å². The van der Waals surface area contributed by atoms with Gasteiger partial charge in [-0.05, 0) is 12.0 Å². The van der Waals surface area contributed by atoms with E-state index in [0.29, 0.717) is 6.42 Å². The molecule has 5 heteroatoms. The third kappa shape index (κ3) is 4.42. The van der Waals surface area contributed by atoms with E-state index in [1.54, 1.807) is 11.3 Å². The van der Waals surface area contributed by atoms with Crippen LogP contribution in [0, 0.1) is 0 Å². The molecule has 1 atom stereocenters. The average Bonchev–Trinajstić information content (AvgIpc) is 3.08. The smallest absolute Gasteiger partial charge is 0.224 e. The first-order valence-corrected chi connectivity index (χ1v) is 9.63. The van der Waals surface area contributed by atoms with Crippen LogP contribution >= 0.6 is 11.3 Å². The van der Waals surface area contributed by atoms with Crippen LogP contribution in [0.15, 0.2) is 41.2 Å². The Hall–Kier alpha value is -1.72. The summed E-state index contributed by atoms with van der Waals surface area (Å²) in [6.45, 7) is 5.69. The summed E-state index contributed by atoms with van der Waals surface area (Å²) in [5.41, 5.74) is 4.25. The number of nitrogens with zero attached hydrogens (tertiary/aromatic N) is 3. The lowest BCUT2D eigenvalue weighted by molar-refractivity contribution is -0.133. The van der Waals surface area contributed by atoms with Crippen LogP contribution in [-0.2, 0) is 17.8 Å². The van der Waals surface area contributed by atoms with Crippen molar-refractivity contribution in [1.82, 2.24) is 14.8 Å². The minimum Gasteiger partial charge on any atom is -0.334 e. The molecule has 0 saturated carbocycles. The van der Waals surface area contributed by atoms with E-state index in [-0.39, 0.29) is 11.9 Å². The molecule has 4 nitrogen and oxygen atoms in total. The highest BCUT2D eigenvalue weighted by Crippen LogP contribution is 2.18. The number of rotatable bonds is 6. The van der Waals surface area contributed by atoms with E-state index >= 15 is 0 Å². The lowest BCUT2D eigenvalue weighted by atomic mass is 10.1. The van der Waals surface area contributed by atoms with Gasteiger partial charge in [-0.15, -0.1) is 11.3 Å². The zero-order valence-corrected chi connectivity index (χ0v) is 15.0. The maximum atomic E-state index is 12.7. The monoisotopic (exact) mass is 343 g/mol. The van der Waals surface area contributed by atoms with Crippen LogP contribution in [0.3, 0.4) is 0 Å². The van der Waals surface area contributed by atoms with Gasteiger partial charge in [0.2, 0.25) is 5.91 Å². The van der Waals surface area contributed by atoms with Crippen LogP contribution in [-0.4, -0.2) is 46.4 Å². The summed E-state index contributed by atoms with van der Waals surface area (Å²) in [6, 6.07) is 10.6. The van der Waals surface area contributed by atoms with E-state index in [4.69, 9.17) is 0 Å². The van der Waals surface area contributed by atoms with Gasteiger partial charge in [-0.3, -0.25) is 4.79 Å². The van der Waals surface area contributed by atoms with Crippen LogP contribution in [0.2, 0.25) is 0 Å². The first kappa shape index (κ1) is 17.1. The van der Waals surface area contributed by atoms with Crippen LogP contribution in [0.25, 0.3) is 0 Å². The van der Waals surface area contributed by atoms with E-state index in [0.717, 1.165) is 44.7 Å². The number of hydrogen-bond acceptors (Lipinski definition) is 4. The molecule has 2 aromatic rings. The Balaban J connectivity index is 1.64. The first-order chi connectivity index (χ1) is 11.8. The Morgan fingerprint density at radius 2 is 2.12 bits per heavy atom. The normalized spacial score (nSPS) is 19.5. The van der Waals surface area contributed by atoms with Crippen LogP contribution in [0.4, 0.5) is 0 Å². The van der Waals surface area contributed by atoms with Gasteiger partial charge in [0, 0.05) is 50.4 Å². The van der Waals surface area contributed by atoms with E-state index in [1.165, 1.54) is 5.56 Å². The predicted molar refractivity (Wildman–Crippen MR) is 97.9 cm³/mol. The van der Waals surface area contributed by atoms with Gasteiger partial charge in [-0.1, -0.05) is 37.3 Å². The van der Waals surface area contributed by atoms with Crippen molar-refractivity contribution in [2.45, 2.75) is 38.8 Å². The Bertz CT molecular complexity index is 629. The summed E-state index contributed by atoms with van der Waals surface area (Å²) in [7, 11) is 0. The second-order valence-corrected chi connectivity index (χ2v) is 7.07. The second kappa shape index (κ2) is 8.40. The molecule has 1 aromatic carbocycles. The standard InChI is InChI=1S/C19H25N3OS/c1-2-18-13-21(10-8-17-14-24-15-20-17)11-9-19(23)22(18)12-16-6-4-3-5-7-16/h3-7,14-15,18H,2,8-13H2,1H3/t18-/m1/s1. The van der Waals surface area contributed by atoms with Crippen molar-refractivity contribution < 1.29 is 4.79 Å². The fraction of sp³-hybridized carbons (Fsp3) is 0.474. The van der Waals surface area contributed by atoms with Gasteiger partial charge in [-0.2, -0.15) is 0 Å². The van der Waals surface area contributed by atoms with E-state index in [2.05, 4.69) is 39.2 Å². The zero-order chi connectivity index (χ0) is 16.8. The number of thiazole rings is 1. The molecule has 3 rings (SSSR count). The summed E-state index contributed by atoms with van der Waals surface area (Å²) in [6.07, 6.45) is 2.57. The van der Waals surface area contributed by atoms with E-state index in [9.17, 15) is 4.79 Å². The Labute approximate surface area is 148 Å². The molecule has 0 spiro atoms. The molecule has 1 saturated heterocycles. The summed E-state index contributed by atoms with van der Waals surface area (Å²) < 4.78 is 0. The minimum atomic E-state index is 0.280. The number of benzene rings is 1. The largest absolute Gasteiger partial charge is 0.334 e. The number of carbonyl (C=O) groups is 1. The van der Waals surface area contributed by atoms with Gasteiger partial charge >= 0.3 is 0 Å². The summed E-state index contributed by atoms with van der Waals surface area (Å²) in [4.78, 5) is 21.5. The Morgan fingerprint density at radius 1 is 1.29 bits per heavy atom. The molecule has 1 fully saturated rings.